The van der Waals surface area contributed by atoms with Gasteiger partial charge in [-0.2, -0.15) is 0 Å². The first-order valence-corrected chi connectivity index (χ1v) is 9.65. The number of nitrogens with zero attached hydrogens (tertiary/aromatic N) is 5. The van der Waals surface area contributed by atoms with E-state index in [9.17, 15) is 0 Å². The molecule has 1 fully saturated rings. The first-order chi connectivity index (χ1) is 12.1. The number of anilines is 2. The maximum Gasteiger partial charge on any atom is 0.225 e. The van der Waals surface area contributed by atoms with Gasteiger partial charge < -0.3 is 9.80 Å². The summed E-state index contributed by atoms with van der Waals surface area (Å²) < 4.78 is 1.29. The molecule has 4 rings (SSSR count). The van der Waals surface area contributed by atoms with Crippen molar-refractivity contribution in [3.8, 4) is 0 Å². The molecule has 1 aliphatic rings. The van der Waals surface area contributed by atoms with Crippen molar-refractivity contribution in [2.75, 3.05) is 36.0 Å². The van der Waals surface area contributed by atoms with Crippen LogP contribution in [-0.2, 0) is 6.42 Å². The van der Waals surface area contributed by atoms with Crippen molar-refractivity contribution >= 4 is 32.6 Å². The van der Waals surface area contributed by atoms with Gasteiger partial charge in [-0.3, -0.25) is 0 Å². The van der Waals surface area contributed by atoms with E-state index in [1.165, 1.54) is 10.3 Å². The number of benzene rings is 1. The highest BCUT2D eigenvalue weighted by Gasteiger charge is 2.21. The normalized spacial score (nSPS) is 15.2. The zero-order valence-corrected chi connectivity index (χ0v) is 15.8. The van der Waals surface area contributed by atoms with Crippen LogP contribution in [0.15, 0.2) is 24.3 Å². The molecular formula is C19H23N5S. The van der Waals surface area contributed by atoms with Crippen molar-refractivity contribution in [1.82, 2.24) is 15.0 Å². The first kappa shape index (κ1) is 16.3. The Morgan fingerprint density at radius 3 is 2.28 bits per heavy atom. The van der Waals surface area contributed by atoms with Crippen LogP contribution in [0.3, 0.4) is 0 Å². The predicted molar refractivity (Wildman–Crippen MR) is 105 cm³/mol. The van der Waals surface area contributed by atoms with Crippen molar-refractivity contribution in [3.05, 3.63) is 41.2 Å². The molecule has 0 N–H and O–H groups in total. The average Bonchev–Trinajstić information content (AvgIpc) is 3.04. The van der Waals surface area contributed by atoms with Gasteiger partial charge in [-0.25, -0.2) is 15.0 Å². The fourth-order valence-corrected chi connectivity index (χ4v) is 4.34. The lowest BCUT2D eigenvalue weighted by Crippen LogP contribution is -2.47. The molecule has 6 heteroatoms. The van der Waals surface area contributed by atoms with E-state index < -0.39 is 0 Å². The number of piperazine rings is 1. The van der Waals surface area contributed by atoms with Crippen LogP contribution in [-0.4, -0.2) is 41.1 Å². The summed E-state index contributed by atoms with van der Waals surface area (Å²) in [4.78, 5) is 18.7. The molecule has 0 amide bonds. The smallest absolute Gasteiger partial charge is 0.225 e. The summed E-state index contributed by atoms with van der Waals surface area (Å²) in [5, 5.41) is 1.13. The van der Waals surface area contributed by atoms with E-state index in [0.29, 0.717) is 0 Å². The van der Waals surface area contributed by atoms with E-state index >= 15 is 0 Å². The molecule has 0 aliphatic carbocycles. The van der Waals surface area contributed by atoms with E-state index in [1.807, 2.05) is 19.9 Å². The summed E-state index contributed by atoms with van der Waals surface area (Å²) in [5.74, 6) is 0.856. The minimum absolute atomic E-state index is 0.856. The SMILES string of the molecule is CCc1ccc2nc(N3CCN(c4nc(C)cc(C)n4)CC3)sc2c1. The summed E-state index contributed by atoms with van der Waals surface area (Å²) in [6.07, 6.45) is 1.07. The molecule has 2 aromatic heterocycles. The molecule has 0 spiro atoms. The summed E-state index contributed by atoms with van der Waals surface area (Å²) >= 11 is 1.80. The van der Waals surface area contributed by atoms with Crippen molar-refractivity contribution in [2.45, 2.75) is 27.2 Å². The molecular weight excluding hydrogens is 330 g/mol. The fraction of sp³-hybridized carbons (Fsp3) is 0.421. The van der Waals surface area contributed by atoms with E-state index in [1.54, 1.807) is 11.3 Å². The lowest BCUT2D eigenvalue weighted by Gasteiger charge is -2.34. The fourth-order valence-electron chi connectivity index (χ4n) is 3.26. The van der Waals surface area contributed by atoms with E-state index in [4.69, 9.17) is 4.98 Å². The Kier molecular flexibility index (Phi) is 4.29. The number of fused-ring (bicyclic) bond motifs is 1. The topological polar surface area (TPSA) is 45.2 Å². The Balaban J connectivity index is 1.49. The van der Waals surface area contributed by atoms with Crippen molar-refractivity contribution < 1.29 is 0 Å². The van der Waals surface area contributed by atoms with Gasteiger partial charge in [0.1, 0.15) is 0 Å². The van der Waals surface area contributed by atoms with Gasteiger partial charge in [-0.05, 0) is 44.0 Å². The second kappa shape index (κ2) is 6.59. The summed E-state index contributed by atoms with van der Waals surface area (Å²) in [5.41, 5.74) is 4.54. The van der Waals surface area contributed by atoms with Gasteiger partial charge in [0.25, 0.3) is 0 Å². The third-order valence-corrected chi connectivity index (χ3v) is 5.73. The molecule has 3 heterocycles. The number of hydrogen-bond donors (Lipinski definition) is 0. The summed E-state index contributed by atoms with van der Waals surface area (Å²) in [6.45, 7) is 10.0. The predicted octanol–water partition coefficient (Wildman–Crippen LogP) is 3.59. The Morgan fingerprint density at radius 1 is 0.920 bits per heavy atom. The number of aromatic nitrogens is 3. The molecule has 0 bridgehead atoms. The molecule has 0 radical (unpaired) electrons. The lowest BCUT2D eigenvalue weighted by molar-refractivity contribution is 0.637. The average molecular weight is 353 g/mol. The number of aryl methyl sites for hydroxylation is 3. The molecule has 1 aromatic carbocycles. The lowest BCUT2D eigenvalue weighted by atomic mass is 10.2. The highest BCUT2D eigenvalue weighted by Crippen LogP contribution is 2.30. The zero-order valence-electron chi connectivity index (χ0n) is 15.0. The van der Waals surface area contributed by atoms with Crippen molar-refractivity contribution in [3.63, 3.8) is 0 Å². The molecule has 0 saturated carbocycles. The van der Waals surface area contributed by atoms with Gasteiger partial charge in [-0.15, -0.1) is 0 Å². The van der Waals surface area contributed by atoms with Crippen LogP contribution in [0.2, 0.25) is 0 Å². The quantitative estimate of drug-likeness (QED) is 0.720. The van der Waals surface area contributed by atoms with Gasteiger partial charge in [0.05, 0.1) is 10.2 Å². The third-order valence-electron chi connectivity index (χ3n) is 4.65. The Morgan fingerprint density at radius 2 is 1.60 bits per heavy atom. The Hall–Kier alpha value is -2.21. The third kappa shape index (κ3) is 3.31. The molecule has 130 valence electrons. The molecule has 5 nitrogen and oxygen atoms in total. The largest absolute Gasteiger partial charge is 0.345 e. The van der Waals surface area contributed by atoms with E-state index in [-0.39, 0.29) is 0 Å². The van der Waals surface area contributed by atoms with Crippen LogP contribution in [0, 0.1) is 13.8 Å². The standard InChI is InChI=1S/C19H23N5S/c1-4-15-5-6-16-17(12-15)25-19(22-16)24-9-7-23(8-10-24)18-20-13(2)11-14(3)21-18/h5-6,11-12H,4,7-10H2,1-3H3. The van der Waals surface area contributed by atoms with Gasteiger partial charge in [0.15, 0.2) is 5.13 Å². The molecule has 0 atom stereocenters. The summed E-state index contributed by atoms with van der Waals surface area (Å²) in [6, 6.07) is 8.62. The van der Waals surface area contributed by atoms with E-state index in [0.717, 1.165) is 60.6 Å². The van der Waals surface area contributed by atoms with Crippen molar-refractivity contribution in [2.24, 2.45) is 0 Å². The second-order valence-corrected chi connectivity index (χ2v) is 7.59. The number of hydrogen-bond acceptors (Lipinski definition) is 6. The van der Waals surface area contributed by atoms with Gasteiger partial charge in [-0.1, -0.05) is 24.3 Å². The highest BCUT2D eigenvalue weighted by atomic mass is 32.1. The monoisotopic (exact) mass is 353 g/mol. The maximum absolute atomic E-state index is 4.83. The van der Waals surface area contributed by atoms with Crippen LogP contribution < -0.4 is 9.80 Å². The minimum Gasteiger partial charge on any atom is -0.345 e. The molecule has 1 aliphatic heterocycles. The second-order valence-electron chi connectivity index (χ2n) is 6.58. The van der Waals surface area contributed by atoms with Gasteiger partial charge in [0.2, 0.25) is 5.95 Å². The van der Waals surface area contributed by atoms with Crippen LogP contribution in [0.25, 0.3) is 10.2 Å². The molecule has 1 saturated heterocycles. The van der Waals surface area contributed by atoms with Gasteiger partial charge >= 0.3 is 0 Å². The van der Waals surface area contributed by atoms with E-state index in [2.05, 4.69) is 44.9 Å². The Bertz CT molecular complexity index is 876. The van der Waals surface area contributed by atoms with Gasteiger partial charge in [0, 0.05) is 37.6 Å². The zero-order chi connectivity index (χ0) is 17.4. The van der Waals surface area contributed by atoms with Crippen LogP contribution in [0.1, 0.15) is 23.9 Å². The van der Waals surface area contributed by atoms with Crippen molar-refractivity contribution in [1.29, 1.82) is 0 Å². The van der Waals surface area contributed by atoms with Crippen LogP contribution in [0.5, 0.6) is 0 Å². The maximum atomic E-state index is 4.83. The number of thiazole rings is 1. The summed E-state index contributed by atoms with van der Waals surface area (Å²) in [7, 11) is 0. The minimum atomic E-state index is 0.856. The Labute approximate surface area is 152 Å². The van der Waals surface area contributed by atoms with Crippen LogP contribution in [0.4, 0.5) is 11.1 Å². The van der Waals surface area contributed by atoms with Crippen LogP contribution >= 0.6 is 11.3 Å². The highest BCUT2D eigenvalue weighted by molar-refractivity contribution is 7.22. The number of rotatable bonds is 3. The molecule has 0 unspecified atom stereocenters. The molecule has 25 heavy (non-hydrogen) atoms. The first-order valence-electron chi connectivity index (χ1n) is 8.84. The molecule has 3 aromatic rings.